The summed E-state index contributed by atoms with van der Waals surface area (Å²) in [6, 6.07) is 7.91. The summed E-state index contributed by atoms with van der Waals surface area (Å²) >= 11 is 0. The fourth-order valence-electron chi connectivity index (χ4n) is 2.43. The van der Waals surface area contributed by atoms with E-state index >= 15 is 0 Å². The number of rotatable bonds is 9. The van der Waals surface area contributed by atoms with Crippen LogP contribution in [0.15, 0.2) is 24.3 Å². The van der Waals surface area contributed by atoms with Crippen molar-refractivity contribution in [3.63, 3.8) is 0 Å². The molecule has 0 unspecified atom stereocenters. The highest BCUT2D eigenvalue weighted by atomic mass is 28.4. The van der Waals surface area contributed by atoms with Gasteiger partial charge in [0.05, 0.1) is 6.54 Å². The van der Waals surface area contributed by atoms with Gasteiger partial charge in [0.2, 0.25) is 6.41 Å². The van der Waals surface area contributed by atoms with Gasteiger partial charge in [0, 0.05) is 17.7 Å². The zero-order valence-corrected chi connectivity index (χ0v) is 20.3. The molecule has 0 aliphatic carbocycles. The molecule has 0 heterocycles. The molecule has 4 nitrogen and oxygen atoms in total. The van der Waals surface area contributed by atoms with E-state index in [1.807, 2.05) is 45.0 Å². The number of nitrogens with zero attached hydrogens (tertiary/aromatic N) is 1. The average molecular weight is 406 g/mol. The maximum absolute atomic E-state index is 12.2. The molecule has 0 bridgehead atoms. The molecule has 0 N–H and O–H groups in total. The number of carbonyl (C=O) groups excluding carboxylic acids is 2. The Morgan fingerprint density at radius 1 is 1.11 bits per heavy atom. The van der Waals surface area contributed by atoms with Crippen LogP contribution in [-0.4, -0.2) is 33.7 Å². The molecular weight excluding hydrogens is 366 g/mol. The third kappa shape index (κ3) is 7.17. The quantitative estimate of drug-likeness (QED) is 0.404. The van der Waals surface area contributed by atoms with Crippen LogP contribution in [0.25, 0.3) is 0 Å². The number of anilines is 1. The first kappa shape index (κ1) is 24.6. The summed E-state index contributed by atoms with van der Waals surface area (Å²) in [4.78, 5) is 25.2. The van der Waals surface area contributed by atoms with Gasteiger partial charge >= 0.3 is 0 Å². The zero-order chi connectivity index (χ0) is 21.8. The highest BCUT2D eigenvalue weighted by molar-refractivity contribution is 6.74. The standard InChI is InChI=1S/C23H39NO3Si/c1-18(16-27-28(8,9)23(5,6)7)14-19-10-12-20(13-11-19)24(17-25)15-21(26)22(2,3)4/h10-13,17-18H,14-16H2,1-9H3/t18-/m0/s1. The van der Waals surface area contributed by atoms with E-state index in [9.17, 15) is 9.59 Å². The lowest BCUT2D eigenvalue weighted by atomic mass is 9.90. The van der Waals surface area contributed by atoms with Crippen molar-refractivity contribution in [2.24, 2.45) is 11.3 Å². The lowest BCUT2D eigenvalue weighted by Crippen LogP contribution is -2.41. The van der Waals surface area contributed by atoms with Crippen molar-refractivity contribution < 1.29 is 14.0 Å². The van der Waals surface area contributed by atoms with Gasteiger partial charge in [-0.25, -0.2) is 0 Å². The predicted octanol–water partition coefficient (Wildman–Crippen LogP) is 5.47. The molecular formula is C23H39NO3Si. The van der Waals surface area contributed by atoms with Gasteiger partial charge in [-0.05, 0) is 48.2 Å². The second-order valence-corrected chi connectivity index (χ2v) is 15.3. The van der Waals surface area contributed by atoms with Crippen LogP contribution < -0.4 is 4.90 Å². The fraction of sp³-hybridized carbons (Fsp3) is 0.652. The molecule has 0 spiro atoms. The smallest absolute Gasteiger partial charge is 0.214 e. The maximum atomic E-state index is 12.2. The molecule has 5 heteroatoms. The van der Waals surface area contributed by atoms with Crippen molar-refractivity contribution in [1.29, 1.82) is 0 Å². The Balaban J connectivity index is 2.69. The first-order valence-electron chi connectivity index (χ1n) is 10.2. The summed E-state index contributed by atoms with van der Waals surface area (Å²) in [7, 11) is -1.72. The van der Waals surface area contributed by atoms with Gasteiger partial charge < -0.3 is 9.33 Å². The van der Waals surface area contributed by atoms with Crippen molar-refractivity contribution in [2.75, 3.05) is 18.1 Å². The van der Waals surface area contributed by atoms with Gasteiger partial charge in [-0.3, -0.25) is 9.59 Å². The van der Waals surface area contributed by atoms with Crippen LogP contribution in [0.1, 0.15) is 54.0 Å². The van der Waals surface area contributed by atoms with Crippen LogP contribution >= 0.6 is 0 Å². The van der Waals surface area contributed by atoms with E-state index in [1.165, 1.54) is 10.5 Å². The van der Waals surface area contributed by atoms with E-state index in [2.05, 4.69) is 40.8 Å². The van der Waals surface area contributed by atoms with E-state index < -0.39 is 13.7 Å². The Kier molecular flexibility index (Phi) is 8.21. The van der Waals surface area contributed by atoms with Gasteiger partial charge in [-0.2, -0.15) is 0 Å². The second-order valence-electron chi connectivity index (χ2n) is 10.5. The topological polar surface area (TPSA) is 46.6 Å². The van der Waals surface area contributed by atoms with Gasteiger partial charge in [-0.1, -0.05) is 60.6 Å². The Morgan fingerprint density at radius 2 is 1.64 bits per heavy atom. The molecule has 158 valence electrons. The van der Waals surface area contributed by atoms with Crippen LogP contribution in [-0.2, 0) is 20.4 Å². The summed E-state index contributed by atoms with van der Waals surface area (Å²) in [6.07, 6.45) is 1.66. The van der Waals surface area contributed by atoms with Gasteiger partial charge in [-0.15, -0.1) is 0 Å². The Bertz CT molecular complexity index is 654. The number of benzene rings is 1. The number of Topliss-reactive ketones (excluding diaryl/α,β-unsaturated/α-hetero) is 1. The van der Waals surface area contributed by atoms with Crippen LogP contribution in [0, 0.1) is 11.3 Å². The zero-order valence-electron chi connectivity index (χ0n) is 19.3. The SMILES string of the molecule is C[C@H](CO[Si](C)(C)C(C)(C)C)Cc1ccc(N(C=O)CC(=O)C(C)(C)C)cc1. The van der Waals surface area contributed by atoms with E-state index in [0.29, 0.717) is 5.92 Å². The summed E-state index contributed by atoms with van der Waals surface area (Å²) in [5, 5.41) is 0.219. The normalized spacial score (nSPS) is 13.9. The third-order valence-corrected chi connectivity index (χ3v) is 10.2. The lowest BCUT2D eigenvalue weighted by Gasteiger charge is -2.37. The highest BCUT2D eigenvalue weighted by Crippen LogP contribution is 2.36. The fourth-order valence-corrected chi connectivity index (χ4v) is 3.57. The van der Waals surface area contributed by atoms with Crippen molar-refractivity contribution in [2.45, 2.75) is 73.0 Å². The largest absolute Gasteiger partial charge is 0.417 e. The minimum Gasteiger partial charge on any atom is -0.417 e. The van der Waals surface area contributed by atoms with Crippen LogP contribution in [0.2, 0.25) is 18.1 Å². The summed E-state index contributed by atoms with van der Waals surface area (Å²) in [5.41, 5.74) is 1.51. The third-order valence-electron chi connectivity index (χ3n) is 5.66. The first-order chi connectivity index (χ1) is 12.7. The monoisotopic (exact) mass is 405 g/mol. The van der Waals surface area contributed by atoms with E-state index in [-0.39, 0.29) is 17.4 Å². The Hall–Kier alpha value is -1.46. The molecule has 0 aliphatic heterocycles. The summed E-state index contributed by atoms with van der Waals surface area (Å²) < 4.78 is 6.33. The molecule has 0 aliphatic rings. The molecule has 28 heavy (non-hydrogen) atoms. The number of amides is 1. The molecule has 1 aromatic carbocycles. The molecule has 0 saturated carbocycles. The summed E-state index contributed by atoms with van der Waals surface area (Å²) in [5.74, 6) is 0.463. The first-order valence-corrected chi connectivity index (χ1v) is 13.1. The minimum atomic E-state index is -1.72. The second kappa shape index (κ2) is 9.36. The molecule has 0 aromatic heterocycles. The number of hydrogen-bond acceptors (Lipinski definition) is 3. The van der Waals surface area contributed by atoms with Gasteiger partial charge in [0.15, 0.2) is 14.1 Å². The highest BCUT2D eigenvalue weighted by Gasteiger charge is 2.37. The predicted molar refractivity (Wildman–Crippen MR) is 120 cm³/mol. The Labute approximate surface area is 172 Å². The average Bonchev–Trinajstić information content (AvgIpc) is 2.56. The number of hydrogen-bond donors (Lipinski definition) is 0. The number of ketones is 1. The van der Waals surface area contributed by atoms with E-state index in [4.69, 9.17) is 4.43 Å². The minimum absolute atomic E-state index is 0.0417. The Morgan fingerprint density at radius 3 is 2.07 bits per heavy atom. The van der Waals surface area contributed by atoms with Crippen molar-refractivity contribution in [3.8, 4) is 0 Å². The lowest BCUT2D eigenvalue weighted by molar-refractivity contribution is -0.125. The number of carbonyl (C=O) groups is 2. The molecule has 1 aromatic rings. The van der Waals surface area contributed by atoms with Crippen molar-refractivity contribution >= 4 is 26.2 Å². The maximum Gasteiger partial charge on any atom is 0.214 e. The molecule has 0 fully saturated rings. The van der Waals surface area contributed by atoms with E-state index in [0.717, 1.165) is 25.1 Å². The molecule has 1 atom stereocenters. The molecule has 0 saturated heterocycles. The van der Waals surface area contributed by atoms with Crippen LogP contribution in [0.4, 0.5) is 5.69 Å². The van der Waals surface area contributed by atoms with Crippen molar-refractivity contribution in [3.05, 3.63) is 29.8 Å². The van der Waals surface area contributed by atoms with Gasteiger partial charge in [0.1, 0.15) is 0 Å². The van der Waals surface area contributed by atoms with Crippen molar-refractivity contribution in [1.82, 2.24) is 0 Å². The van der Waals surface area contributed by atoms with Crippen LogP contribution in [0.3, 0.4) is 0 Å². The molecule has 0 radical (unpaired) electrons. The summed E-state index contributed by atoms with van der Waals surface area (Å²) in [6.45, 7) is 20.0. The van der Waals surface area contributed by atoms with Gasteiger partial charge in [0.25, 0.3) is 0 Å². The van der Waals surface area contributed by atoms with E-state index in [1.54, 1.807) is 0 Å². The molecule has 1 amide bonds. The van der Waals surface area contributed by atoms with Crippen LogP contribution in [0.5, 0.6) is 0 Å². The molecule has 1 rings (SSSR count).